The number of carbonyl (C=O) groups is 2. The van der Waals surface area contributed by atoms with Crippen molar-refractivity contribution in [3.8, 4) is 10.4 Å². The van der Waals surface area contributed by atoms with Gasteiger partial charge in [0.15, 0.2) is 15.0 Å². The third-order valence-corrected chi connectivity index (χ3v) is 8.67. The summed E-state index contributed by atoms with van der Waals surface area (Å²) in [5.41, 5.74) is 1.33. The summed E-state index contributed by atoms with van der Waals surface area (Å²) in [5, 5.41) is 16.0. The standard InChI is InChI=1S/C23H30ClN3O5S2/c1-14-21(16-10-11-17(24)18(13-16)34(2,31)32)33-23(26-14)27-19(28)9-6-12-25-20(22(29)30)15-7-4-3-5-8-15/h10-11,13,15,20,25H,3-9,12H2,1-2H3,(H,29,30)(H,26,27,28)/t20-/m0/s1. The van der Waals surface area contributed by atoms with Crippen molar-refractivity contribution >= 4 is 49.8 Å². The predicted octanol–water partition coefficient (Wildman–Crippen LogP) is 4.52. The van der Waals surface area contributed by atoms with Crippen molar-refractivity contribution in [3.63, 3.8) is 0 Å². The normalized spacial score (nSPS) is 15.7. The molecule has 1 amide bonds. The molecule has 3 rings (SSSR count). The van der Waals surface area contributed by atoms with Crippen LogP contribution in [0.5, 0.6) is 0 Å². The van der Waals surface area contributed by atoms with Gasteiger partial charge in [-0.25, -0.2) is 13.4 Å². The topological polar surface area (TPSA) is 125 Å². The number of thiazole rings is 1. The fraction of sp³-hybridized carbons (Fsp3) is 0.522. The lowest BCUT2D eigenvalue weighted by Crippen LogP contribution is -2.44. The summed E-state index contributed by atoms with van der Waals surface area (Å²) in [7, 11) is -3.48. The van der Waals surface area contributed by atoms with E-state index in [1.54, 1.807) is 13.0 Å². The molecule has 1 heterocycles. The van der Waals surface area contributed by atoms with E-state index in [2.05, 4.69) is 15.6 Å². The van der Waals surface area contributed by atoms with Crippen LogP contribution < -0.4 is 10.6 Å². The number of anilines is 1. The number of carboxylic acid groups (broad SMARTS) is 1. The van der Waals surface area contributed by atoms with Gasteiger partial charge in [0.1, 0.15) is 6.04 Å². The summed E-state index contributed by atoms with van der Waals surface area (Å²) in [5.74, 6) is -0.893. The Labute approximate surface area is 209 Å². The molecule has 0 aliphatic heterocycles. The molecular formula is C23H30ClN3O5S2. The first kappa shape index (κ1) is 26.6. The van der Waals surface area contributed by atoms with Crippen LogP contribution >= 0.6 is 22.9 Å². The molecule has 1 aromatic heterocycles. The summed E-state index contributed by atoms with van der Waals surface area (Å²) in [4.78, 5) is 29.2. The van der Waals surface area contributed by atoms with Gasteiger partial charge in [-0.3, -0.25) is 9.59 Å². The number of nitrogens with zero attached hydrogens (tertiary/aromatic N) is 1. The fourth-order valence-electron chi connectivity index (χ4n) is 4.26. The number of nitrogens with one attached hydrogen (secondary N) is 2. The Bertz CT molecular complexity index is 1140. The minimum absolute atomic E-state index is 0.0467. The van der Waals surface area contributed by atoms with E-state index in [0.29, 0.717) is 29.4 Å². The number of aromatic nitrogens is 1. The van der Waals surface area contributed by atoms with E-state index in [1.807, 2.05) is 0 Å². The van der Waals surface area contributed by atoms with Crippen LogP contribution in [0.3, 0.4) is 0 Å². The van der Waals surface area contributed by atoms with Gasteiger partial charge in [0, 0.05) is 12.7 Å². The molecular weight excluding hydrogens is 498 g/mol. The highest BCUT2D eigenvalue weighted by molar-refractivity contribution is 7.90. The number of benzene rings is 1. The lowest BCUT2D eigenvalue weighted by Gasteiger charge is -2.28. The summed E-state index contributed by atoms with van der Waals surface area (Å²) in [6.45, 7) is 2.24. The zero-order chi connectivity index (χ0) is 24.9. The number of amides is 1. The maximum absolute atomic E-state index is 12.4. The monoisotopic (exact) mass is 527 g/mol. The Morgan fingerprint density at radius 3 is 2.62 bits per heavy atom. The quantitative estimate of drug-likeness (QED) is 0.388. The molecule has 1 aliphatic rings. The van der Waals surface area contributed by atoms with E-state index in [0.717, 1.165) is 43.2 Å². The Balaban J connectivity index is 1.55. The second kappa shape index (κ2) is 11.6. The van der Waals surface area contributed by atoms with Crippen molar-refractivity contribution in [1.29, 1.82) is 0 Å². The van der Waals surface area contributed by atoms with Gasteiger partial charge in [-0.2, -0.15) is 0 Å². The van der Waals surface area contributed by atoms with Crippen molar-refractivity contribution in [2.24, 2.45) is 5.92 Å². The zero-order valence-electron chi connectivity index (χ0n) is 19.3. The molecule has 0 bridgehead atoms. The van der Waals surface area contributed by atoms with E-state index in [-0.39, 0.29) is 28.2 Å². The fourth-order valence-corrected chi connectivity index (χ4v) is 6.54. The van der Waals surface area contributed by atoms with E-state index < -0.39 is 21.8 Å². The largest absolute Gasteiger partial charge is 0.480 e. The second-order valence-corrected chi connectivity index (χ2v) is 12.1. The molecule has 1 aliphatic carbocycles. The first-order valence-electron chi connectivity index (χ1n) is 11.3. The molecule has 2 aromatic rings. The lowest BCUT2D eigenvalue weighted by molar-refractivity contribution is -0.141. The minimum Gasteiger partial charge on any atom is -0.480 e. The zero-order valence-corrected chi connectivity index (χ0v) is 21.7. The molecule has 186 valence electrons. The van der Waals surface area contributed by atoms with E-state index in [4.69, 9.17) is 11.6 Å². The number of aryl methyl sites for hydroxylation is 1. The van der Waals surface area contributed by atoms with Crippen molar-refractivity contribution in [1.82, 2.24) is 10.3 Å². The molecule has 3 N–H and O–H groups in total. The maximum Gasteiger partial charge on any atom is 0.320 e. The Hall–Kier alpha value is -2.01. The predicted molar refractivity (Wildman–Crippen MR) is 134 cm³/mol. The van der Waals surface area contributed by atoms with Crippen LogP contribution in [0.2, 0.25) is 5.02 Å². The van der Waals surface area contributed by atoms with Gasteiger partial charge >= 0.3 is 5.97 Å². The molecule has 1 saturated carbocycles. The van der Waals surface area contributed by atoms with Crippen LogP contribution in [0, 0.1) is 12.8 Å². The maximum atomic E-state index is 12.4. The number of aliphatic carboxylic acids is 1. The van der Waals surface area contributed by atoms with Gasteiger partial charge in [0.2, 0.25) is 5.91 Å². The summed E-state index contributed by atoms with van der Waals surface area (Å²) in [6, 6.07) is 4.21. The third kappa shape index (κ3) is 7.00. The Morgan fingerprint density at radius 2 is 1.97 bits per heavy atom. The minimum atomic E-state index is -3.48. The summed E-state index contributed by atoms with van der Waals surface area (Å²) >= 11 is 7.30. The number of carbonyl (C=O) groups excluding carboxylic acids is 1. The van der Waals surface area contributed by atoms with Gasteiger partial charge in [-0.15, -0.1) is 0 Å². The number of hydrogen-bond acceptors (Lipinski definition) is 7. The van der Waals surface area contributed by atoms with E-state index in [1.165, 1.54) is 23.5 Å². The summed E-state index contributed by atoms with van der Waals surface area (Å²) in [6.07, 6.45) is 7.00. The van der Waals surface area contributed by atoms with E-state index >= 15 is 0 Å². The van der Waals surface area contributed by atoms with Gasteiger partial charge in [-0.05, 0) is 56.3 Å². The van der Waals surface area contributed by atoms with Gasteiger partial charge in [0.05, 0.1) is 20.5 Å². The van der Waals surface area contributed by atoms with Crippen molar-refractivity contribution in [2.45, 2.75) is 62.8 Å². The van der Waals surface area contributed by atoms with Crippen molar-refractivity contribution < 1.29 is 23.1 Å². The van der Waals surface area contributed by atoms with Gasteiger partial charge in [0.25, 0.3) is 0 Å². The first-order chi connectivity index (χ1) is 16.1. The first-order valence-corrected chi connectivity index (χ1v) is 14.4. The van der Waals surface area contributed by atoms with Crippen LogP contribution in [-0.2, 0) is 19.4 Å². The molecule has 8 nitrogen and oxygen atoms in total. The number of sulfone groups is 1. The highest BCUT2D eigenvalue weighted by Crippen LogP contribution is 2.35. The average Bonchev–Trinajstić information content (AvgIpc) is 3.13. The molecule has 1 atom stereocenters. The number of hydrogen-bond donors (Lipinski definition) is 3. The number of carboxylic acids is 1. The second-order valence-electron chi connectivity index (χ2n) is 8.67. The van der Waals surface area contributed by atoms with Crippen LogP contribution in [0.1, 0.15) is 50.6 Å². The van der Waals surface area contributed by atoms with Crippen LogP contribution in [0.15, 0.2) is 23.1 Å². The SMILES string of the molecule is Cc1nc(NC(=O)CCCN[C@H](C(=O)O)C2CCCCC2)sc1-c1ccc(Cl)c(S(C)(=O)=O)c1. The van der Waals surface area contributed by atoms with Gasteiger partial charge in [-0.1, -0.05) is 48.3 Å². The third-order valence-electron chi connectivity index (χ3n) is 5.97. The van der Waals surface area contributed by atoms with Crippen LogP contribution in [-0.4, -0.2) is 49.2 Å². The highest BCUT2D eigenvalue weighted by atomic mass is 35.5. The molecule has 0 unspecified atom stereocenters. The lowest BCUT2D eigenvalue weighted by atomic mass is 9.84. The van der Waals surface area contributed by atoms with Crippen LogP contribution in [0.25, 0.3) is 10.4 Å². The number of halogens is 1. The van der Waals surface area contributed by atoms with E-state index in [9.17, 15) is 23.1 Å². The van der Waals surface area contributed by atoms with Crippen LogP contribution in [0.4, 0.5) is 5.13 Å². The molecule has 0 radical (unpaired) electrons. The Kier molecular flexibility index (Phi) is 9.08. The molecule has 0 saturated heterocycles. The smallest absolute Gasteiger partial charge is 0.320 e. The molecule has 1 aromatic carbocycles. The highest BCUT2D eigenvalue weighted by Gasteiger charge is 2.28. The Morgan fingerprint density at radius 1 is 1.26 bits per heavy atom. The number of rotatable bonds is 10. The molecule has 11 heteroatoms. The molecule has 0 spiro atoms. The van der Waals surface area contributed by atoms with Crippen molar-refractivity contribution in [2.75, 3.05) is 18.1 Å². The molecule has 34 heavy (non-hydrogen) atoms. The molecule has 1 fully saturated rings. The van der Waals surface area contributed by atoms with Gasteiger partial charge < -0.3 is 15.7 Å². The summed E-state index contributed by atoms with van der Waals surface area (Å²) < 4.78 is 24.0. The van der Waals surface area contributed by atoms with Crippen molar-refractivity contribution in [3.05, 3.63) is 28.9 Å². The average molecular weight is 528 g/mol.